The summed E-state index contributed by atoms with van der Waals surface area (Å²) in [4.78, 5) is 23.9. The summed E-state index contributed by atoms with van der Waals surface area (Å²) in [6.07, 6.45) is 0.658. The highest BCUT2D eigenvalue weighted by Gasteiger charge is 2.43. The highest BCUT2D eigenvalue weighted by molar-refractivity contribution is 6.66. The number of halogens is 1. The van der Waals surface area contributed by atoms with Gasteiger partial charge in [-0.05, 0) is 55.5 Å². The molecule has 19 heavy (non-hydrogen) atoms. The van der Waals surface area contributed by atoms with E-state index in [2.05, 4.69) is 0 Å². The average Bonchev–Trinajstić information content (AvgIpc) is 2.36. The van der Waals surface area contributed by atoms with Crippen molar-refractivity contribution in [3.63, 3.8) is 0 Å². The van der Waals surface area contributed by atoms with Crippen LogP contribution in [0.25, 0.3) is 0 Å². The SMILES string of the molecule is CCC(CC)(C(=O)Cl)C(=O)Oc1cccc(C)c1C. The second kappa shape index (κ2) is 6.20. The zero-order valence-corrected chi connectivity index (χ0v) is 12.5. The van der Waals surface area contributed by atoms with Gasteiger partial charge in [0.1, 0.15) is 11.2 Å². The van der Waals surface area contributed by atoms with Crippen LogP contribution in [0.15, 0.2) is 18.2 Å². The maximum Gasteiger partial charge on any atom is 0.326 e. The van der Waals surface area contributed by atoms with Gasteiger partial charge in [-0.1, -0.05) is 26.0 Å². The molecule has 0 atom stereocenters. The number of hydrogen-bond donors (Lipinski definition) is 0. The molecule has 3 nitrogen and oxygen atoms in total. The third-order valence-electron chi connectivity index (χ3n) is 3.73. The van der Waals surface area contributed by atoms with Crippen LogP contribution in [0.3, 0.4) is 0 Å². The van der Waals surface area contributed by atoms with Crippen LogP contribution in [0.4, 0.5) is 0 Å². The number of ether oxygens (including phenoxy) is 1. The minimum atomic E-state index is -1.25. The van der Waals surface area contributed by atoms with E-state index in [1.54, 1.807) is 19.9 Å². The summed E-state index contributed by atoms with van der Waals surface area (Å²) in [5, 5.41) is -0.659. The van der Waals surface area contributed by atoms with Crippen LogP contribution in [0.1, 0.15) is 37.8 Å². The molecular formula is C15H19ClO3. The molecule has 0 N–H and O–H groups in total. The van der Waals surface area contributed by atoms with E-state index < -0.39 is 16.6 Å². The maximum atomic E-state index is 12.3. The molecule has 1 aromatic rings. The number of esters is 1. The molecule has 0 heterocycles. The van der Waals surface area contributed by atoms with Crippen molar-refractivity contribution in [1.29, 1.82) is 0 Å². The lowest BCUT2D eigenvalue weighted by Crippen LogP contribution is -2.39. The van der Waals surface area contributed by atoms with E-state index in [4.69, 9.17) is 16.3 Å². The number of benzene rings is 1. The Kier molecular flexibility index (Phi) is 5.12. The van der Waals surface area contributed by atoms with Crippen LogP contribution in [-0.4, -0.2) is 11.2 Å². The Morgan fingerprint density at radius 3 is 2.26 bits per heavy atom. The number of carbonyl (C=O) groups is 2. The number of aryl methyl sites for hydroxylation is 1. The molecule has 0 aromatic heterocycles. The maximum absolute atomic E-state index is 12.3. The molecule has 0 saturated carbocycles. The quantitative estimate of drug-likeness (QED) is 0.357. The molecule has 4 heteroatoms. The largest absolute Gasteiger partial charge is 0.425 e. The van der Waals surface area contributed by atoms with Gasteiger partial charge in [0.2, 0.25) is 5.24 Å². The van der Waals surface area contributed by atoms with Gasteiger partial charge in [0, 0.05) is 0 Å². The van der Waals surface area contributed by atoms with Crippen LogP contribution in [0.5, 0.6) is 5.75 Å². The summed E-state index contributed by atoms with van der Waals surface area (Å²) in [6, 6.07) is 5.47. The van der Waals surface area contributed by atoms with E-state index in [1.165, 1.54) is 0 Å². The minimum absolute atomic E-state index is 0.329. The average molecular weight is 283 g/mol. The van der Waals surface area contributed by atoms with Crippen LogP contribution >= 0.6 is 11.6 Å². The summed E-state index contributed by atoms with van der Waals surface area (Å²) < 4.78 is 5.39. The molecule has 0 aliphatic heterocycles. The molecule has 0 saturated heterocycles. The smallest absolute Gasteiger partial charge is 0.326 e. The summed E-state index contributed by atoms with van der Waals surface area (Å²) in [6.45, 7) is 7.33. The van der Waals surface area contributed by atoms with Crippen LogP contribution in [0.2, 0.25) is 0 Å². The number of rotatable bonds is 5. The van der Waals surface area contributed by atoms with E-state index in [9.17, 15) is 9.59 Å². The first-order chi connectivity index (χ1) is 8.89. The predicted molar refractivity (Wildman–Crippen MR) is 75.4 cm³/mol. The lowest BCUT2D eigenvalue weighted by atomic mass is 9.84. The Hall–Kier alpha value is -1.35. The normalized spacial score (nSPS) is 11.2. The Labute approximate surface area is 118 Å². The Morgan fingerprint density at radius 2 is 1.79 bits per heavy atom. The highest BCUT2D eigenvalue weighted by Crippen LogP contribution is 2.32. The van der Waals surface area contributed by atoms with Crippen LogP contribution in [-0.2, 0) is 9.59 Å². The molecule has 1 aromatic carbocycles. The molecule has 1 rings (SSSR count). The van der Waals surface area contributed by atoms with Crippen molar-refractivity contribution in [3.05, 3.63) is 29.3 Å². The fraction of sp³-hybridized carbons (Fsp3) is 0.467. The zero-order valence-electron chi connectivity index (χ0n) is 11.7. The third kappa shape index (κ3) is 2.98. The molecular weight excluding hydrogens is 264 g/mol. The second-order valence-electron chi connectivity index (χ2n) is 4.65. The lowest BCUT2D eigenvalue weighted by Gasteiger charge is -2.25. The molecule has 0 amide bonds. The topological polar surface area (TPSA) is 43.4 Å². The second-order valence-corrected chi connectivity index (χ2v) is 4.99. The molecule has 0 bridgehead atoms. The first-order valence-corrected chi connectivity index (χ1v) is 6.75. The molecule has 0 aliphatic carbocycles. The standard InChI is InChI=1S/C15H19ClO3/c1-5-15(6-2,13(16)17)14(18)19-12-9-7-8-10(3)11(12)4/h7-9H,5-6H2,1-4H3. The molecule has 0 aliphatic rings. The van der Waals surface area contributed by atoms with E-state index in [-0.39, 0.29) is 0 Å². The van der Waals surface area contributed by atoms with E-state index in [0.717, 1.165) is 11.1 Å². The summed E-state index contributed by atoms with van der Waals surface area (Å²) >= 11 is 5.59. The van der Waals surface area contributed by atoms with Crippen molar-refractivity contribution in [2.24, 2.45) is 5.41 Å². The molecule has 0 spiro atoms. The zero-order chi connectivity index (χ0) is 14.6. The van der Waals surface area contributed by atoms with Crippen LogP contribution in [0, 0.1) is 19.3 Å². The summed E-state index contributed by atoms with van der Waals surface area (Å²) in [7, 11) is 0. The Balaban J connectivity index is 3.07. The summed E-state index contributed by atoms with van der Waals surface area (Å²) in [5.41, 5.74) is 0.664. The first-order valence-electron chi connectivity index (χ1n) is 6.37. The predicted octanol–water partition coefficient (Wildman–Crippen LogP) is 3.78. The van der Waals surface area contributed by atoms with E-state index >= 15 is 0 Å². The highest BCUT2D eigenvalue weighted by atomic mass is 35.5. The number of carbonyl (C=O) groups excluding carboxylic acids is 2. The monoisotopic (exact) mass is 282 g/mol. The van der Waals surface area contributed by atoms with Gasteiger partial charge in [-0.15, -0.1) is 0 Å². The molecule has 0 unspecified atom stereocenters. The van der Waals surface area contributed by atoms with Gasteiger partial charge in [-0.25, -0.2) is 0 Å². The van der Waals surface area contributed by atoms with Gasteiger partial charge >= 0.3 is 5.97 Å². The van der Waals surface area contributed by atoms with Gasteiger partial charge in [-0.3, -0.25) is 9.59 Å². The first kappa shape index (κ1) is 15.7. The van der Waals surface area contributed by atoms with E-state index in [1.807, 2.05) is 26.0 Å². The molecule has 104 valence electrons. The van der Waals surface area contributed by atoms with Gasteiger partial charge in [0.25, 0.3) is 0 Å². The van der Waals surface area contributed by atoms with Crippen molar-refractivity contribution in [3.8, 4) is 5.75 Å². The van der Waals surface area contributed by atoms with Gasteiger partial charge in [0.05, 0.1) is 0 Å². The van der Waals surface area contributed by atoms with Gasteiger partial charge < -0.3 is 4.74 Å². The molecule has 0 fully saturated rings. The van der Waals surface area contributed by atoms with E-state index in [0.29, 0.717) is 18.6 Å². The lowest BCUT2D eigenvalue weighted by molar-refractivity contribution is -0.150. The third-order valence-corrected chi connectivity index (χ3v) is 4.09. The fourth-order valence-electron chi connectivity index (χ4n) is 1.93. The minimum Gasteiger partial charge on any atom is -0.425 e. The van der Waals surface area contributed by atoms with Crippen molar-refractivity contribution in [2.45, 2.75) is 40.5 Å². The summed E-state index contributed by atoms with van der Waals surface area (Å²) in [5.74, 6) is -0.0969. The van der Waals surface area contributed by atoms with Crippen molar-refractivity contribution in [2.75, 3.05) is 0 Å². The van der Waals surface area contributed by atoms with Crippen LogP contribution < -0.4 is 4.74 Å². The Morgan fingerprint density at radius 1 is 1.21 bits per heavy atom. The van der Waals surface area contributed by atoms with Crippen molar-refractivity contribution in [1.82, 2.24) is 0 Å². The number of hydrogen-bond acceptors (Lipinski definition) is 3. The van der Waals surface area contributed by atoms with Gasteiger partial charge in [-0.2, -0.15) is 0 Å². The van der Waals surface area contributed by atoms with Crippen molar-refractivity contribution >= 4 is 22.8 Å². The van der Waals surface area contributed by atoms with Gasteiger partial charge in [0.15, 0.2) is 0 Å². The fourth-order valence-corrected chi connectivity index (χ4v) is 2.27. The molecule has 0 radical (unpaired) electrons. The Bertz CT molecular complexity index is 490. The van der Waals surface area contributed by atoms with Crippen molar-refractivity contribution < 1.29 is 14.3 Å².